The monoisotopic (exact) mass is 307 g/mol. The second-order valence-electron chi connectivity index (χ2n) is 6.17. The first-order chi connectivity index (χ1) is 11.3. The quantitative estimate of drug-likeness (QED) is 0.743. The van der Waals surface area contributed by atoms with Crippen molar-refractivity contribution in [2.24, 2.45) is 0 Å². The van der Waals surface area contributed by atoms with Crippen molar-refractivity contribution < 1.29 is 0 Å². The molecule has 4 rings (SSSR count). The molecule has 5 nitrogen and oxygen atoms in total. The Morgan fingerprint density at radius 1 is 1.26 bits per heavy atom. The lowest BCUT2D eigenvalue weighted by Gasteiger charge is -2.27. The summed E-state index contributed by atoms with van der Waals surface area (Å²) in [5, 5.41) is 4.64. The highest BCUT2D eigenvalue weighted by atomic mass is 15.2. The minimum absolute atomic E-state index is 0.873. The van der Waals surface area contributed by atoms with Crippen molar-refractivity contribution in [1.29, 1.82) is 0 Å². The number of rotatable bonds is 4. The summed E-state index contributed by atoms with van der Waals surface area (Å²) in [6, 6.07) is 8.30. The summed E-state index contributed by atoms with van der Waals surface area (Å²) in [7, 11) is 0. The predicted octanol–water partition coefficient (Wildman–Crippen LogP) is 2.64. The summed E-state index contributed by atoms with van der Waals surface area (Å²) in [6.45, 7) is 4.98. The minimum Gasteiger partial charge on any atom is -0.293 e. The van der Waals surface area contributed by atoms with Gasteiger partial charge in [0.1, 0.15) is 5.82 Å². The van der Waals surface area contributed by atoms with E-state index in [-0.39, 0.29) is 0 Å². The highest BCUT2D eigenvalue weighted by Gasteiger charge is 2.19. The Balaban J connectivity index is 1.49. The van der Waals surface area contributed by atoms with Crippen LogP contribution in [0.25, 0.3) is 5.52 Å². The molecule has 3 aromatic rings. The Kier molecular flexibility index (Phi) is 3.79. The molecule has 0 unspecified atom stereocenters. The van der Waals surface area contributed by atoms with E-state index in [2.05, 4.69) is 34.0 Å². The first kappa shape index (κ1) is 14.3. The van der Waals surface area contributed by atoms with Gasteiger partial charge >= 0.3 is 0 Å². The molecule has 0 spiro atoms. The normalized spacial score (nSPS) is 15.0. The molecule has 0 N–H and O–H groups in total. The highest BCUT2D eigenvalue weighted by Crippen LogP contribution is 2.19. The van der Waals surface area contributed by atoms with Crippen LogP contribution in [0.4, 0.5) is 0 Å². The van der Waals surface area contributed by atoms with E-state index < -0.39 is 0 Å². The Hall–Kier alpha value is -2.27. The number of hydrogen-bond donors (Lipinski definition) is 0. The third-order valence-electron chi connectivity index (χ3n) is 4.34. The van der Waals surface area contributed by atoms with Crippen LogP contribution in [0.2, 0.25) is 0 Å². The van der Waals surface area contributed by atoms with Crippen LogP contribution in [0.5, 0.6) is 0 Å². The van der Waals surface area contributed by atoms with Gasteiger partial charge in [-0.15, -0.1) is 0 Å². The minimum atomic E-state index is 0.873. The first-order valence-corrected chi connectivity index (χ1v) is 8.31. The van der Waals surface area contributed by atoms with Crippen molar-refractivity contribution in [3.8, 4) is 0 Å². The average molecular weight is 307 g/mol. The maximum atomic E-state index is 4.72. The van der Waals surface area contributed by atoms with Crippen LogP contribution in [0.3, 0.4) is 0 Å². The molecule has 0 amide bonds. The Morgan fingerprint density at radius 2 is 2.22 bits per heavy atom. The standard InChI is InChI=1S/C18H21N5/c1-2-5-18-19-11-14-12-22(9-7-17(14)20-18)13-15-10-16-6-3-4-8-23(16)21-15/h3-4,6,8,10-11H,2,5,7,9,12-13H2,1H3. The second-order valence-corrected chi connectivity index (χ2v) is 6.17. The molecule has 0 fully saturated rings. The van der Waals surface area contributed by atoms with Crippen molar-refractivity contribution in [2.45, 2.75) is 39.3 Å². The topological polar surface area (TPSA) is 46.3 Å². The smallest absolute Gasteiger partial charge is 0.128 e. The van der Waals surface area contributed by atoms with Gasteiger partial charge in [-0.2, -0.15) is 5.10 Å². The summed E-state index contributed by atoms with van der Waals surface area (Å²) in [6.07, 6.45) is 7.08. The molecule has 3 aromatic heterocycles. The molecule has 4 heterocycles. The second kappa shape index (κ2) is 6.08. The van der Waals surface area contributed by atoms with Crippen molar-refractivity contribution in [3.63, 3.8) is 0 Å². The van der Waals surface area contributed by atoms with Gasteiger partial charge in [-0.3, -0.25) is 4.90 Å². The van der Waals surface area contributed by atoms with E-state index in [4.69, 9.17) is 4.98 Å². The molecule has 0 saturated carbocycles. The zero-order valence-corrected chi connectivity index (χ0v) is 13.4. The summed E-state index contributed by atoms with van der Waals surface area (Å²) < 4.78 is 1.94. The van der Waals surface area contributed by atoms with Crippen LogP contribution in [0.1, 0.15) is 36.1 Å². The summed E-state index contributed by atoms with van der Waals surface area (Å²) in [4.78, 5) is 11.6. The van der Waals surface area contributed by atoms with Gasteiger partial charge in [0, 0.05) is 56.1 Å². The van der Waals surface area contributed by atoms with Crippen LogP contribution < -0.4 is 0 Å². The molecule has 0 radical (unpaired) electrons. The molecular formula is C18H21N5. The van der Waals surface area contributed by atoms with Gasteiger partial charge in [-0.05, 0) is 24.6 Å². The van der Waals surface area contributed by atoms with Crippen molar-refractivity contribution in [1.82, 2.24) is 24.5 Å². The number of aromatic nitrogens is 4. The van der Waals surface area contributed by atoms with E-state index in [0.29, 0.717) is 0 Å². The van der Waals surface area contributed by atoms with E-state index >= 15 is 0 Å². The van der Waals surface area contributed by atoms with Crippen LogP contribution >= 0.6 is 0 Å². The van der Waals surface area contributed by atoms with E-state index in [0.717, 1.165) is 55.9 Å². The van der Waals surface area contributed by atoms with E-state index in [1.165, 1.54) is 11.3 Å². The fraction of sp³-hybridized carbons (Fsp3) is 0.389. The Bertz CT molecular complexity index is 790. The van der Waals surface area contributed by atoms with Crippen LogP contribution in [0.15, 0.2) is 36.7 Å². The lowest BCUT2D eigenvalue weighted by molar-refractivity contribution is 0.239. The van der Waals surface area contributed by atoms with Gasteiger partial charge in [0.15, 0.2) is 0 Å². The first-order valence-electron chi connectivity index (χ1n) is 8.31. The van der Waals surface area contributed by atoms with Gasteiger partial charge in [-0.25, -0.2) is 14.5 Å². The van der Waals surface area contributed by atoms with Crippen LogP contribution in [-0.2, 0) is 25.9 Å². The molecule has 0 aromatic carbocycles. The number of pyridine rings is 1. The molecule has 5 heteroatoms. The van der Waals surface area contributed by atoms with Gasteiger partial charge in [0.05, 0.1) is 11.2 Å². The van der Waals surface area contributed by atoms with Gasteiger partial charge in [0.2, 0.25) is 0 Å². The highest BCUT2D eigenvalue weighted by molar-refractivity contribution is 5.46. The average Bonchev–Trinajstić information content (AvgIpc) is 2.97. The fourth-order valence-corrected chi connectivity index (χ4v) is 3.19. The SMILES string of the molecule is CCCc1ncc2c(n1)CCN(Cc1cc3ccccn3n1)C2. The number of aryl methyl sites for hydroxylation is 1. The molecule has 118 valence electrons. The zero-order valence-electron chi connectivity index (χ0n) is 13.4. The molecule has 0 saturated heterocycles. The number of nitrogens with zero attached hydrogens (tertiary/aromatic N) is 5. The van der Waals surface area contributed by atoms with Gasteiger partial charge < -0.3 is 0 Å². The predicted molar refractivity (Wildman–Crippen MR) is 89.0 cm³/mol. The summed E-state index contributed by atoms with van der Waals surface area (Å²) in [5.74, 6) is 0.986. The maximum Gasteiger partial charge on any atom is 0.128 e. The Morgan fingerprint density at radius 3 is 3.09 bits per heavy atom. The van der Waals surface area contributed by atoms with Crippen molar-refractivity contribution >= 4 is 5.52 Å². The third kappa shape index (κ3) is 2.97. The van der Waals surface area contributed by atoms with Crippen LogP contribution in [-0.4, -0.2) is 31.0 Å². The maximum absolute atomic E-state index is 4.72. The largest absolute Gasteiger partial charge is 0.293 e. The molecule has 0 aliphatic carbocycles. The van der Waals surface area contributed by atoms with E-state index in [9.17, 15) is 0 Å². The fourth-order valence-electron chi connectivity index (χ4n) is 3.19. The summed E-state index contributed by atoms with van der Waals surface area (Å²) >= 11 is 0. The molecule has 0 atom stereocenters. The van der Waals surface area contributed by atoms with E-state index in [1.54, 1.807) is 0 Å². The third-order valence-corrected chi connectivity index (χ3v) is 4.34. The van der Waals surface area contributed by atoms with Gasteiger partial charge in [-0.1, -0.05) is 13.0 Å². The van der Waals surface area contributed by atoms with Crippen LogP contribution in [0, 0.1) is 0 Å². The zero-order chi connectivity index (χ0) is 15.6. The molecule has 23 heavy (non-hydrogen) atoms. The molecule has 0 bridgehead atoms. The number of hydrogen-bond acceptors (Lipinski definition) is 4. The molecule has 1 aliphatic rings. The van der Waals surface area contributed by atoms with E-state index in [1.807, 2.05) is 29.0 Å². The van der Waals surface area contributed by atoms with Crippen molar-refractivity contribution in [2.75, 3.05) is 6.54 Å². The van der Waals surface area contributed by atoms with Gasteiger partial charge in [0.25, 0.3) is 0 Å². The lowest BCUT2D eigenvalue weighted by Crippen LogP contribution is -2.31. The molecular weight excluding hydrogens is 286 g/mol. The molecule has 1 aliphatic heterocycles. The Labute approximate surface area is 136 Å². The lowest BCUT2D eigenvalue weighted by atomic mass is 10.1. The summed E-state index contributed by atoms with van der Waals surface area (Å²) in [5.41, 5.74) is 4.75. The number of fused-ring (bicyclic) bond motifs is 2. The van der Waals surface area contributed by atoms with Crippen molar-refractivity contribution in [3.05, 3.63) is 59.4 Å².